The Morgan fingerprint density at radius 3 is 2.47 bits per heavy atom. The number of nitrogens with zero attached hydrogens (tertiary/aromatic N) is 1. The van der Waals surface area contributed by atoms with Crippen molar-refractivity contribution >= 4 is 5.69 Å². The van der Waals surface area contributed by atoms with Gasteiger partial charge in [-0.25, -0.2) is 8.78 Å². The molecule has 0 amide bonds. The molecule has 0 radical (unpaired) electrons. The van der Waals surface area contributed by atoms with Crippen LogP contribution in [0.15, 0.2) is 18.2 Å². The van der Waals surface area contributed by atoms with Crippen molar-refractivity contribution in [3.63, 3.8) is 0 Å². The summed E-state index contributed by atoms with van der Waals surface area (Å²) in [5.41, 5.74) is 4.20. The Bertz CT molecular complexity index is 482. The molecule has 7 heteroatoms. The van der Waals surface area contributed by atoms with Gasteiger partial charge in [-0.2, -0.15) is 0 Å². The molecule has 1 saturated carbocycles. The van der Waals surface area contributed by atoms with E-state index in [1.165, 1.54) is 6.07 Å². The fourth-order valence-electron chi connectivity index (χ4n) is 2.05. The summed E-state index contributed by atoms with van der Waals surface area (Å²) in [5.74, 6) is -3.32. The van der Waals surface area contributed by atoms with E-state index in [-0.39, 0.29) is 5.56 Å². The number of halogens is 2. The Kier molecular flexibility index (Phi) is 2.32. The number of hydrogen-bond acceptors (Lipinski definition) is 4. The van der Waals surface area contributed by atoms with Crippen molar-refractivity contribution in [3.8, 4) is 5.75 Å². The van der Waals surface area contributed by atoms with Gasteiger partial charge < -0.3 is 10.8 Å². The minimum atomic E-state index is -2.82. The van der Waals surface area contributed by atoms with E-state index in [9.17, 15) is 24.0 Å². The van der Waals surface area contributed by atoms with Crippen LogP contribution in [-0.4, -0.2) is 16.0 Å². The highest BCUT2D eigenvalue weighted by molar-refractivity contribution is 5.50. The van der Waals surface area contributed by atoms with Crippen molar-refractivity contribution < 1.29 is 18.8 Å². The molecule has 1 aliphatic carbocycles. The molecule has 5 nitrogen and oxygen atoms in total. The van der Waals surface area contributed by atoms with Crippen molar-refractivity contribution in [2.75, 3.05) is 0 Å². The molecule has 1 fully saturated rings. The highest BCUT2D eigenvalue weighted by Gasteiger charge is 2.55. The van der Waals surface area contributed by atoms with Gasteiger partial charge in [0.15, 0.2) is 5.75 Å². The lowest BCUT2D eigenvalue weighted by molar-refractivity contribution is -0.386. The third-order valence-corrected chi connectivity index (χ3v) is 2.90. The first kappa shape index (κ1) is 11.7. The van der Waals surface area contributed by atoms with Crippen LogP contribution in [-0.2, 0) is 5.54 Å². The minimum absolute atomic E-state index is 0.243. The van der Waals surface area contributed by atoms with E-state index in [4.69, 9.17) is 5.73 Å². The van der Waals surface area contributed by atoms with Gasteiger partial charge in [0.1, 0.15) is 0 Å². The fourth-order valence-corrected chi connectivity index (χ4v) is 2.05. The molecule has 17 heavy (non-hydrogen) atoms. The summed E-state index contributed by atoms with van der Waals surface area (Å²) in [7, 11) is 0. The Morgan fingerprint density at radius 2 is 2.00 bits per heavy atom. The number of nitrogens with two attached hydrogens (primary N) is 1. The number of benzene rings is 1. The Labute approximate surface area is 95.0 Å². The number of phenols is 1. The molecule has 0 bridgehead atoms. The first-order chi connectivity index (χ1) is 7.73. The summed E-state index contributed by atoms with van der Waals surface area (Å²) in [5, 5.41) is 19.8. The van der Waals surface area contributed by atoms with Crippen molar-refractivity contribution in [1.82, 2.24) is 0 Å². The maximum atomic E-state index is 12.8. The SMILES string of the molecule is NC1(c2ccc(O)c([N+](=O)[O-])c2)CC(F)(F)C1. The van der Waals surface area contributed by atoms with Gasteiger partial charge in [-0.05, 0) is 11.6 Å². The summed E-state index contributed by atoms with van der Waals surface area (Å²) in [6.45, 7) is 0. The van der Waals surface area contributed by atoms with Crippen LogP contribution in [0, 0.1) is 10.1 Å². The zero-order valence-corrected chi connectivity index (χ0v) is 8.69. The van der Waals surface area contributed by atoms with E-state index in [0.717, 1.165) is 12.1 Å². The standard InChI is InChI=1S/C10H10F2N2O3/c11-10(12)4-9(13,5-10)6-1-2-8(15)7(3-6)14(16)17/h1-3,15H,4-5,13H2. The summed E-state index contributed by atoms with van der Waals surface area (Å²) >= 11 is 0. The van der Waals surface area contributed by atoms with Gasteiger partial charge in [0.2, 0.25) is 0 Å². The highest BCUT2D eigenvalue weighted by atomic mass is 19.3. The van der Waals surface area contributed by atoms with Crippen molar-refractivity contribution in [3.05, 3.63) is 33.9 Å². The summed E-state index contributed by atoms with van der Waals surface area (Å²) < 4.78 is 25.6. The van der Waals surface area contributed by atoms with Crippen LogP contribution in [0.25, 0.3) is 0 Å². The maximum absolute atomic E-state index is 12.8. The number of nitro benzene ring substituents is 1. The minimum Gasteiger partial charge on any atom is -0.502 e. The quantitative estimate of drug-likeness (QED) is 0.614. The predicted molar refractivity (Wildman–Crippen MR) is 54.8 cm³/mol. The second kappa shape index (κ2) is 3.36. The van der Waals surface area contributed by atoms with Gasteiger partial charge >= 0.3 is 5.69 Å². The average Bonchev–Trinajstić information content (AvgIpc) is 2.14. The highest BCUT2D eigenvalue weighted by Crippen LogP contribution is 2.50. The van der Waals surface area contributed by atoms with E-state index in [2.05, 4.69) is 0 Å². The van der Waals surface area contributed by atoms with E-state index >= 15 is 0 Å². The molecule has 1 aromatic carbocycles. The molecule has 3 N–H and O–H groups in total. The first-order valence-corrected chi connectivity index (χ1v) is 4.88. The molecule has 0 saturated heterocycles. The predicted octanol–water partition coefficient (Wildman–Crippen LogP) is 1.88. The molecular formula is C10H10F2N2O3. The number of aromatic hydroxyl groups is 1. The van der Waals surface area contributed by atoms with Crippen LogP contribution in [0.5, 0.6) is 5.75 Å². The third kappa shape index (κ3) is 1.93. The summed E-state index contributed by atoms with van der Waals surface area (Å²) in [6, 6.07) is 3.47. The lowest BCUT2D eigenvalue weighted by Crippen LogP contribution is -2.55. The van der Waals surface area contributed by atoms with Crippen LogP contribution in [0.3, 0.4) is 0 Å². The smallest absolute Gasteiger partial charge is 0.311 e. The van der Waals surface area contributed by atoms with E-state index in [0.29, 0.717) is 0 Å². The van der Waals surface area contributed by atoms with Gasteiger partial charge in [0, 0.05) is 18.9 Å². The third-order valence-electron chi connectivity index (χ3n) is 2.90. The summed E-state index contributed by atoms with van der Waals surface area (Å²) in [4.78, 5) is 9.81. The molecule has 0 atom stereocenters. The lowest BCUT2D eigenvalue weighted by Gasteiger charge is -2.44. The number of nitro groups is 1. The first-order valence-electron chi connectivity index (χ1n) is 4.88. The molecule has 0 heterocycles. The van der Waals surface area contributed by atoms with Gasteiger partial charge in [-0.15, -0.1) is 0 Å². The molecule has 0 aromatic heterocycles. The van der Waals surface area contributed by atoms with E-state index < -0.39 is 40.7 Å². The van der Waals surface area contributed by atoms with Gasteiger partial charge in [0.25, 0.3) is 5.92 Å². The monoisotopic (exact) mass is 244 g/mol. The molecule has 0 aliphatic heterocycles. The number of alkyl halides is 2. The van der Waals surface area contributed by atoms with Crippen molar-refractivity contribution in [2.45, 2.75) is 24.3 Å². The largest absolute Gasteiger partial charge is 0.502 e. The average molecular weight is 244 g/mol. The zero-order valence-electron chi connectivity index (χ0n) is 8.69. The molecule has 0 unspecified atom stereocenters. The Hall–Kier alpha value is -1.76. The van der Waals surface area contributed by atoms with Gasteiger partial charge in [-0.3, -0.25) is 10.1 Å². The zero-order chi connectivity index (χ0) is 12.8. The fraction of sp³-hybridized carbons (Fsp3) is 0.400. The van der Waals surface area contributed by atoms with Crippen LogP contribution in [0.2, 0.25) is 0 Å². The van der Waals surface area contributed by atoms with Crippen LogP contribution < -0.4 is 5.73 Å². The second-order valence-corrected chi connectivity index (χ2v) is 4.33. The molecule has 92 valence electrons. The van der Waals surface area contributed by atoms with Crippen molar-refractivity contribution in [2.24, 2.45) is 5.73 Å². The van der Waals surface area contributed by atoms with E-state index in [1.807, 2.05) is 0 Å². The molecule has 1 aromatic rings. The molecule has 0 spiro atoms. The maximum Gasteiger partial charge on any atom is 0.311 e. The van der Waals surface area contributed by atoms with Gasteiger partial charge in [0.05, 0.1) is 10.5 Å². The number of phenolic OH excluding ortho intramolecular Hbond substituents is 1. The van der Waals surface area contributed by atoms with Crippen molar-refractivity contribution in [1.29, 1.82) is 0 Å². The Balaban J connectivity index is 2.35. The van der Waals surface area contributed by atoms with Crippen LogP contribution >= 0.6 is 0 Å². The van der Waals surface area contributed by atoms with Gasteiger partial charge in [-0.1, -0.05) is 6.07 Å². The van der Waals surface area contributed by atoms with E-state index in [1.54, 1.807) is 0 Å². The number of hydrogen-bond donors (Lipinski definition) is 2. The molecular weight excluding hydrogens is 234 g/mol. The normalized spacial score (nSPS) is 20.6. The topological polar surface area (TPSA) is 89.4 Å². The molecule has 1 aliphatic rings. The van der Waals surface area contributed by atoms with Crippen LogP contribution in [0.4, 0.5) is 14.5 Å². The lowest BCUT2D eigenvalue weighted by atomic mass is 9.70. The number of rotatable bonds is 2. The molecule has 2 rings (SSSR count). The second-order valence-electron chi connectivity index (χ2n) is 4.33. The van der Waals surface area contributed by atoms with Crippen LogP contribution in [0.1, 0.15) is 18.4 Å². The Morgan fingerprint density at radius 1 is 1.41 bits per heavy atom. The summed E-state index contributed by atoms with van der Waals surface area (Å²) in [6.07, 6.45) is -1.08.